The van der Waals surface area contributed by atoms with Gasteiger partial charge in [0.2, 0.25) is 5.13 Å². The molecule has 2 bridgehead atoms. The van der Waals surface area contributed by atoms with E-state index in [1.165, 1.54) is 25.9 Å². The van der Waals surface area contributed by atoms with Crippen molar-refractivity contribution in [2.45, 2.75) is 18.9 Å². The van der Waals surface area contributed by atoms with Gasteiger partial charge in [0.05, 0.1) is 11.0 Å². The number of benzene rings is 1. The van der Waals surface area contributed by atoms with Crippen molar-refractivity contribution in [1.82, 2.24) is 24.6 Å². The molecule has 5 heterocycles. The van der Waals surface area contributed by atoms with E-state index in [1.807, 2.05) is 25.2 Å². The molecule has 0 radical (unpaired) electrons. The molecule has 0 spiro atoms. The highest BCUT2D eigenvalue weighted by Crippen LogP contribution is 2.33. The molecular formula is C17H20N6S. The van der Waals surface area contributed by atoms with Gasteiger partial charge in [-0.3, -0.25) is 0 Å². The second-order valence-electron chi connectivity index (χ2n) is 6.64. The summed E-state index contributed by atoms with van der Waals surface area (Å²) in [6, 6.07) is 8.82. The molecule has 24 heavy (non-hydrogen) atoms. The molecule has 3 aliphatic rings. The molecule has 7 heteroatoms. The SMILES string of the molecule is Cn1c(-c2nnc(N3CCN4CCC3CC4)s2)nc2ccccc21. The Morgan fingerprint density at radius 1 is 1.04 bits per heavy atom. The predicted octanol–water partition coefficient (Wildman–Crippen LogP) is 2.38. The van der Waals surface area contributed by atoms with Crippen LogP contribution in [0.15, 0.2) is 24.3 Å². The van der Waals surface area contributed by atoms with E-state index >= 15 is 0 Å². The van der Waals surface area contributed by atoms with Crippen molar-refractivity contribution in [3.05, 3.63) is 24.3 Å². The zero-order valence-electron chi connectivity index (χ0n) is 13.7. The fourth-order valence-electron chi connectivity index (χ4n) is 3.90. The van der Waals surface area contributed by atoms with Crippen LogP contribution in [0.5, 0.6) is 0 Å². The summed E-state index contributed by atoms with van der Waals surface area (Å²) in [5.41, 5.74) is 2.14. The van der Waals surface area contributed by atoms with Crippen LogP contribution >= 0.6 is 11.3 Å². The third kappa shape index (κ3) is 2.22. The number of aryl methyl sites for hydroxylation is 1. The van der Waals surface area contributed by atoms with Gasteiger partial charge in [-0.15, -0.1) is 10.2 Å². The highest BCUT2D eigenvalue weighted by atomic mass is 32.1. The first-order chi connectivity index (χ1) is 11.8. The molecule has 3 aliphatic heterocycles. The third-order valence-electron chi connectivity index (χ3n) is 5.29. The molecule has 3 aromatic rings. The van der Waals surface area contributed by atoms with E-state index in [9.17, 15) is 0 Å². The summed E-state index contributed by atoms with van der Waals surface area (Å²) < 4.78 is 2.11. The Bertz CT molecular complexity index is 876. The van der Waals surface area contributed by atoms with Gasteiger partial charge >= 0.3 is 0 Å². The quantitative estimate of drug-likeness (QED) is 0.717. The number of piperidine rings is 1. The van der Waals surface area contributed by atoms with Crippen LogP contribution in [-0.4, -0.2) is 56.9 Å². The molecule has 3 saturated heterocycles. The number of anilines is 1. The van der Waals surface area contributed by atoms with Gasteiger partial charge in [0.25, 0.3) is 0 Å². The van der Waals surface area contributed by atoms with Crippen molar-refractivity contribution in [3.8, 4) is 10.8 Å². The Kier molecular flexibility index (Phi) is 3.31. The van der Waals surface area contributed by atoms with Crippen molar-refractivity contribution in [3.63, 3.8) is 0 Å². The first kappa shape index (κ1) is 14.4. The van der Waals surface area contributed by atoms with E-state index < -0.39 is 0 Å². The Morgan fingerprint density at radius 2 is 1.88 bits per heavy atom. The Hall–Kier alpha value is -1.99. The zero-order chi connectivity index (χ0) is 16.1. The van der Waals surface area contributed by atoms with E-state index in [0.29, 0.717) is 6.04 Å². The second-order valence-corrected chi connectivity index (χ2v) is 7.60. The molecule has 124 valence electrons. The molecule has 0 unspecified atom stereocenters. The molecule has 1 aromatic carbocycles. The average molecular weight is 340 g/mol. The topological polar surface area (TPSA) is 50.1 Å². The fraction of sp³-hybridized carbons (Fsp3) is 0.471. The molecule has 0 aliphatic carbocycles. The highest BCUT2D eigenvalue weighted by Gasteiger charge is 2.31. The number of hydrogen-bond donors (Lipinski definition) is 0. The van der Waals surface area contributed by atoms with E-state index in [1.54, 1.807) is 11.3 Å². The van der Waals surface area contributed by atoms with Crippen molar-refractivity contribution in [2.24, 2.45) is 7.05 Å². The molecule has 0 N–H and O–H groups in total. The fourth-order valence-corrected chi connectivity index (χ4v) is 4.86. The summed E-state index contributed by atoms with van der Waals surface area (Å²) in [4.78, 5) is 9.78. The minimum Gasteiger partial charge on any atom is -0.342 e. The van der Waals surface area contributed by atoms with Crippen LogP contribution in [0, 0.1) is 0 Å². The van der Waals surface area contributed by atoms with Crippen LogP contribution in [0.4, 0.5) is 5.13 Å². The monoisotopic (exact) mass is 340 g/mol. The molecule has 6 rings (SSSR count). The Labute approximate surface area is 144 Å². The van der Waals surface area contributed by atoms with Gasteiger partial charge in [-0.05, 0) is 25.0 Å². The summed E-state index contributed by atoms with van der Waals surface area (Å²) in [6.07, 6.45) is 2.47. The molecule has 0 amide bonds. The minimum absolute atomic E-state index is 0.616. The lowest BCUT2D eigenvalue weighted by atomic mass is 10.1. The van der Waals surface area contributed by atoms with Gasteiger partial charge in [-0.2, -0.15) is 0 Å². The average Bonchev–Trinajstić information content (AvgIpc) is 3.10. The summed E-state index contributed by atoms with van der Waals surface area (Å²) in [6.45, 7) is 4.63. The van der Waals surface area contributed by atoms with Gasteiger partial charge in [0.1, 0.15) is 0 Å². The van der Waals surface area contributed by atoms with Gasteiger partial charge in [0, 0.05) is 39.3 Å². The maximum absolute atomic E-state index is 4.75. The minimum atomic E-state index is 0.616. The van der Waals surface area contributed by atoms with Gasteiger partial charge in [-0.25, -0.2) is 4.98 Å². The number of imidazole rings is 1. The van der Waals surface area contributed by atoms with Crippen LogP contribution in [0.1, 0.15) is 12.8 Å². The Balaban J connectivity index is 1.51. The van der Waals surface area contributed by atoms with E-state index in [-0.39, 0.29) is 0 Å². The van der Waals surface area contributed by atoms with Crippen molar-refractivity contribution in [1.29, 1.82) is 0 Å². The van der Waals surface area contributed by atoms with Gasteiger partial charge < -0.3 is 14.4 Å². The maximum atomic E-state index is 4.75. The molecule has 6 nitrogen and oxygen atoms in total. The third-order valence-corrected chi connectivity index (χ3v) is 6.25. The molecular weight excluding hydrogens is 320 g/mol. The van der Waals surface area contributed by atoms with E-state index in [2.05, 4.69) is 30.6 Å². The number of hydrogen-bond acceptors (Lipinski definition) is 6. The van der Waals surface area contributed by atoms with Gasteiger partial charge in [0.15, 0.2) is 10.8 Å². The van der Waals surface area contributed by atoms with Crippen molar-refractivity contribution in [2.75, 3.05) is 31.1 Å². The second kappa shape index (κ2) is 5.53. The normalized spacial score (nSPS) is 23.8. The smallest absolute Gasteiger partial charge is 0.209 e. The lowest BCUT2D eigenvalue weighted by molar-refractivity contribution is 0.250. The number of nitrogens with zero attached hydrogens (tertiary/aromatic N) is 6. The molecule has 3 fully saturated rings. The number of rotatable bonds is 2. The molecule has 2 aromatic heterocycles. The van der Waals surface area contributed by atoms with Crippen molar-refractivity contribution < 1.29 is 0 Å². The standard InChI is InChI=1S/C17H20N6S/c1-21-14-5-3-2-4-13(14)18-15(21)16-19-20-17(24-16)23-11-10-22-8-6-12(23)7-9-22/h2-5,12H,6-11H2,1H3. The predicted molar refractivity (Wildman–Crippen MR) is 96.4 cm³/mol. The summed E-state index contributed by atoms with van der Waals surface area (Å²) in [7, 11) is 2.05. The maximum Gasteiger partial charge on any atom is 0.209 e. The first-order valence-corrected chi connectivity index (χ1v) is 9.35. The lowest BCUT2D eigenvalue weighted by Crippen LogP contribution is -2.37. The van der Waals surface area contributed by atoms with Crippen LogP contribution in [-0.2, 0) is 7.05 Å². The summed E-state index contributed by atoms with van der Waals surface area (Å²) >= 11 is 1.67. The van der Waals surface area contributed by atoms with E-state index in [4.69, 9.17) is 4.98 Å². The Morgan fingerprint density at radius 3 is 2.71 bits per heavy atom. The number of para-hydroxylation sites is 2. The summed E-state index contributed by atoms with van der Waals surface area (Å²) in [5.74, 6) is 0.905. The first-order valence-electron chi connectivity index (χ1n) is 8.54. The van der Waals surface area contributed by atoms with Crippen molar-refractivity contribution >= 4 is 27.5 Å². The van der Waals surface area contributed by atoms with E-state index in [0.717, 1.165) is 40.1 Å². The molecule has 0 saturated carbocycles. The molecule has 0 atom stereocenters. The van der Waals surface area contributed by atoms with Crippen LogP contribution < -0.4 is 4.90 Å². The van der Waals surface area contributed by atoms with Crippen LogP contribution in [0.2, 0.25) is 0 Å². The lowest BCUT2D eigenvalue weighted by Gasteiger charge is -2.30. The van der Waals surface area contributed by atoms with Crippen LogP contribution in [0.25, 0.3) is 21.9 Å². The van der Waals surface area contributed by atoms with Gasteiger partial charge in [-0.1, -0.05) is 23.5 Å². The zero-order valence-corrected chi connectivity index (χ0v) is 14.5. The number of fused-ring (bicyclic) bond motifs is 5. The largest absolute Gasteiger partial charge is 0.342 e. The van der Waals surface area contributed by atoms with Crippen LogP contribution in [0.3, 0.4) is 0 Å². The number of aromatic nitrogens is 4. The highest BCUT2D eigenvalue weighted by molar-refractivity contribution is 7.18. The summed E-state index contributed by atoms with van der Waals surface area (Å²) in [5, 5.41) is 10.9.